The molecule has 1 spiro atoms. The molecule has 0 aliphatic carbocycles. The van der Waals surface area contributed by atoms with Crippen LogP contribution in [0.15, 0.2) is 41.0 Å². The molecular formula is C21H29N3O. The highest BCUT2D eigenvalue weighted by atomic mass is 16.3. The molecule has 4 heteroatoms. The fourth-order valence-corrected chi connectivity index (χ4v) is 4.77. The maximum atomic E-state index is 5.38. The number of hydrogen-bond acceptors (Lipinski definition) is 4. The van der Waals surface area contributed by atoms with Crippen LogP contribution in [0.2, 0.25) is 0 Å². The number of aromatic nitrogens is 1. The zero-order valence-electron chi connectivity index (χ0n) is 15.3. The smallest absolute Gasteiger partial charge is 0.191 e. The first-order valence-electron chi connectivity index (χ1n) is 9.61. The van der Waals surface area contributed by atoms with Gasteiger partial charge in [0.1, 0.15) is 6.26 Å². The zero-order valence-corrected chi connectivity index (χ0v) is 15.3. The molecule has 2 saturated heterocycles. The van der Waals surface area contributed by atoms with Crippen molar-refractivity contribution < 1.29 is 4.42 Å². The minimum atomic E-state index is 0.462. The summed E-state index contributed by atoms with van der Waals surface area (Å²) in [6.45, 7) is 8.79. The summed E-state index contributed by atoms with van der Waals surface area (Å²) in [5, 5.41) is 0. The van der Waals surface area contributed by atoms with E-state index < -0.39 is 0 Å². The van der Waals surface area contributed by atoms with Crippen LogP contribution < -0.4 is 0 Å². The molecule has 0 saturated carbocycles. The molecule has 2 aliphatic rings. The zero-order chi connectivity index (χ0) is 17.1. The molecule has 2 aromatic rings. The molecular weight excluding hydrogens is 310 g/mol. The quantitative estimate of drug-likeness (QED) is 0.847. The van der Waals surface area contributed by atoms with Gasteiger partial charge in [-0.1, -0.05) is 30.3 Å². The van der Waals surface area contributed by atoms with Crippen LogP contribution in [0.25, 0.3) is 0 Å². The van der Waals surface area contributed by atoms with Gasteiger partial charge in [0, 0.05) is 33.1 Å². The topological polar surface area (TPSA) is 32.5 Å². The number of piperidine rings is 2. The van der Waals surface area contributed by atoms with Gasteiger partial charge in [0.15, 0.2) is 5.89 Å². The average molecular weight is 339 g/mol. The molecule has 0 N–H and O–H groups in total. The number of nitrogens with zero attached hydrogens (tertiary/aromatic N) is 3. The van der Waals surface area contributed by atoms with Crippen LogP contribution in [0.3, 0.4) is 0 Å². The lowest BCUT2D eigenvalue weighted by molar-refractivity contribution is 0.00735. The molecule has 0 amide bonds. The van der Waals surface area contributed by atoms with Crippen LogP contribution in [0.1, 0.15) is 42.8 Å². The van der Waals surface area contributed by atoms with Crippen molar-refractivity contribution in [3.63, 3.8) is 0 Å². The van der Waals surface area contributed by atoms with Crippen LogP contribution >= 0.6 is 0 Å². The van der Waals surface area contributed by atoms with Gasteiger partial charge in [0.2, 0.25) is 0 Å². The predicted octanol–water partition coefficient (Wildman–Crippen LogP) is 3.86. The van der Waals surface area contributed by atoms with Gasteiger partial charge in [-0.05, 0) is 49.8 Å². The molecule has 2 fully saturated rings. The van der Waals surface area contributed by atoms with Crippen LogP contribution in [-0.2, 0) is 13.1 Å². The first kappa shape index (κ1) is 16.8. The number of aryl methyl sites for hydroxylation is 1. The van der Waals surface area contributed by atoms with Crippen LogP contribution in [0, 0.1) is 12.3 Å². The van der Waals surface area contributed by atoms with E-state index in [1.807, 2.05) is 13.2 Å². The molecule has 0 bridgehead atoms. The highest BCUT2D eigenvalue weighted by molar-refractivity contribution is 5.14. The van der Waals surface area contributed by atoms with E-state index in [0.29, 0.717) is 5.41 Å². The summed E-state index contributed by atoms with van der Waals surface area (Å²) < 4.78 is 5.38. The Labute approximate surface area is 150 Å². The SMILES string of the molecule is Cc1nc(CN2CCC[C@]3(CCCN(Cc4ccccc4)C3)C2)co1. The van der Waals surface area contributed by atoms with Crippen molar-refractivity contribution in [2.45, 2.75) is 45.7 Å². The molecule has 1 aromatic heterocycles. The van der Waals surface area contributed by atoms with Crippen molar-refractivity contribution in [2.24, 2.45) is 5.41 Å². The highest BCUT2D eigenvalue weighted by Gasteiger charge is 2.39. The molecule has 2 aliphatic heterocycles. The Morgan fingerprint density at radius 1 is 1.00 bits per heavy atom. The van der Waals surface area contributed by atoms with Crippen molar-refractivity contribution in [3.05, 3.63) is 53.7 Å². The van der Waals surface area contributed by atoms with Crippen molar-refractivity contribution >= 4 is 0 Å². The lowest BCUT2D eigenvalue weighted by atomic mass is 9.73. The Morgan fingerprint density at radius 2 is 1.68 bits per heavy atom. The first-order valence-corrected chi connectivity index (χ1v) is 9.61. The third-order valence-corrected chi connectivity index (χ3v) is 5.78. The Morgan fingerprint density at radius 3 is 2.32 bits per heavy atom. The standard InChI is InChI=1S/C21H29N3O/c1-18-22-20(15-25-18)14-24-12-6-10-21(17-24)9-5-11-23(16-21)13-19-7-3-2-4-8-19/h2-4,7-8,15H,5-6,9-14,16-17H2,1H3/t21-/m0/s1. The Bertz CT molecular complexity index is 679. The van der Waals surface area contributed by atoms with Gasteiger partial charge in [0.25, 0.3) is 0 Å². The molecule has 25 heavy (non-hydrogen) atoms. The van der Waals surface area contributed by atoms with Crippen molar-refractivity contribution in [1.29, 1.82) is 0 Å². The van der Waals surface area contributed by atoms with E-state index in [1.54, 1.807) is 0 Å². The lowest BCUT2D eigenvalue weighted by Crippen LogP contribution is -2.51. The fourth-order valence-electron chi connectivity index (χ4n) is 4.77. The van der Waals surface area contributed by atoms with E-state index >= 15 is 0 Å². The van der Waals surface area contributed by atoms with Gasteiger partial charge in [-0.25, -0.2) is 4.98 Å². The Hall–Kier alpha value is -1.65. The Balaban J connectivity index is 1.39. The van der Waals surface area contributed by atoms with E-state index in [0.717, 1.165) is 24.7 Å². The van der Waals surface area contributed by atoms with Crippen molar-refractivity contribution in [2.75, 3.05) is 26.2 Å². The highest BCUT2D eigenvalue weighted by Crippen LogP contribution is 2.39. The minimum Gasteiger partial charge on any atom is -0.449 e. The molecule has 1 aromatic carbocycles. The summed E-state index contributed by atoms with van der Waals surface area (Å²) in [7, 11) is 0. The van der Waals surface area contributed by atoms with Crippen molar-refractivity contribution in [3.8, 4) is 0 Å². The predicted molar refractivity (Wildman–Crippen MR) is 99.1 cm³/mol. The van der Waals surface area contributed by atoms with Crippen LogP contribution in [-0.4, -0.2) is 41.0 Å². The third kappa shape index (κ3) is 4.13. The molecule has 0 unspecified atom stereocenters. The molecule has 4 rings (SSSR count). The number of oxazole rings is 1. The minimum absolute atomic E-state index is 0.462. The van der Waals surface area contributed by atoms with E-state index in [4.69, 9.17) is 4.42 Å². The van der Waals surface area contributed by atoms with Crippen LogP contribution in [0.4, 0.5) is 0 Å². The third-order valence-electron chi connectivity index (χ3n) is 5.78. The summed E-state index contributed by atoms with van der Waals surface area (Å²) in [6, 6.07) is 10.9. The summed E-state index contributed by atoms with van der Waals surface area (Å²) >= 11 is 0. The number of likely N-dealkylation sites (tertiary alicyclic amines) is 2. The maximum Gasteiger partial charge on any atom is 0.191 e. The lowest BCUT2D eigenvalue weighted by Gasteiger charge is -2.48. The summed E-state index contributed by atoms with van der Waals surface area (Å²) in [4.78, 5) is 9.75. The second kappa shape index (κ2) is 7.30. The van der Waals surface area contributed by atoms with E-state index in [1.165, 1.54) is 57.4 Å². The number of benzene rings is 1. The first-order chi connectivity index (χ1) is 12.2. The maximum absolute atomic E-state index is 5.38. The second-order valence-corrected chi connectivity index (χ2v) is 7.97. The molecule has 1 atom stereocenters. The number of hydrogen-bond donors (Lipinski definition) is 0. The summed E-state index contributed by atoms with van der Waals surface area (Å²) in [5.74, 6) is 0.772. The fraction of sp³-hybridized carbons (Fsp3) is 0.571. The van der Waals surface area contributed by atoms with E-state index in [-0.39, 0.29) is 0 Å². The average Bonchev–Trinajstić information content (AvgIpc) is 3.01. The normalized spacial score (nSPS) is 25.5. The molecule has 134 valence electrons. The summed E-state index contributed by atoms with van der Waals surface area (Å²) in [5.41, 5.74) is 2.97. The van der Waals surface area contributed by atoms with Crippen LogP contribution in [0.5, 0.6) is 0 Å². The molecule has 0 radical (unpaired) electrons. The molecule has 4 nitrogen and oxygen atoms in total. The Kier molecular flexibility index (Phi) is 4.91. The monoisotopic (exact) mass is 339 g/mol. The van der Waals surface area contributed by atoms with Gasteiger partial charge in [-0.15, -0.1) is 0 Å². The van der Waals surface area contributed by atoms with E-state index in [9.17, 15) is 0 Å². The molecule has 3 heterocycles. The number of rotatable bonds is 4. The van der Waals surface area contributed by atoms with E-state index in [2.05, 4.69) is 45.1 Å². The van der Waals surface area contributed by atoms with Gasteiger partial charge in [-0.2, -0.15) is 0 Å². The largest absolute Gasteiger partial charge is 0.449 e. The second-order valence-electron chi connectivity index (χ2n) is 7.97. The van der Waals surface area contributed by atoms with Crippen molar-refractivity contribution in [1.82, 2.24) is 14.8 Å². The van der Waals surface area contributed by atoms with Gasteiger partial charge >= 0.3 is 0 Å². The summed E-state index contributed by atoms with van der Waals surface area (Å²) in [6.07, 6.45) is 7.18. The van der Waals surface area contributed by atoms with Gasteiger partial charge in [0.05, 0.1) is 5.69 Å². The van der Waals surface area contributed by atoms with Gasteiger partial charge in [-0.3, -0.25) is 9.80 Å². The van der Waals surface area contributed by atoms with Gasteiger partial charge < -0.3 is 4.42 Å².